The molecule has 2 heterocycles. The lowest BCUT2D eigenvalue weighted by Gasteiger charge is -2.29. The van der Waals surface area contributed by atoms with E-state index in [4.69, 9.17) is 0 Å². The maximum absolute atomic E-state index is 12.5. The highest BCUT2D eigenvalue weighted by atomic mass is 16.2. The number of nitrogens with zero attached hydrogens (tertiary/aromatic N) is 3. The Morgan fingerprint density at radius 3 is 2.42 bits per heavy atom. The topological polar surface area (TPSA) is 60.0 Å². The first-order valence-corrected chi connectivity index (χ1v) is 12.3. The standard InChI is InChI=1S/C27H37N5O/c1-28-27(30-20-25(31-15-8-9-16-31)24-12-6-3-7-13-24)29-19-23-18-26(33)32(21-23)17-14-22-10-4-2-5-11-22/h2-7,10-13,23,25H,8-9,14-21H2,1H3,(H2,28,29,30). The Labute approximate surface area is 198 Å². The molecule has 2 saturated heterocycles. The molecule has 2 fully saturated rings. The smallest absolute Gasteiger partial charge is 0.223 e. The van der Waals surface area contributed by atoms with Gasteiger partial charge in [-0.2, -0.15) is 0 Å². The number of hydrogen-bond donors (Lipinski definition) is 2. The number of carbonyl (C=O) groups excluding carboxylic acids is 1. The zero-order valence-electron chi connectivity index (χ0n) is 19.7. The predicted octanol–water partition coefficient (Wildman–Crippen LogP) is 3.08. The predicted molar refractivity (Wildman–Crippen MR) is 134 cm³/mol. The minimum Gasteiger partial charge on any atom is -0.356 e. The van der Waals surface area contributed by atoms with Crippen LogP contribution in [0.1, 0.15) is 36.4 Å². The van der Waals surface area contributed by atoms with Crippen molar-refractivity contribution in [2.75, 3.05) is 46.3 Å². The van der Waals surface area contributed by atoms with Crippen molar-refractivity contribution in [1.29, 1.82) is 0 Å². The second-order valence-electron chi connectivity index (χ2n) is 9.15. The molecular weight excluding hydrogens is 410 g/mol. The quantitative estimate of drug-likeness (QED) is 0.458. The lowest BCUT2D eigenvalue weighted by Crippen LogP contribution is -2.44. The normalized spacial score (nSPS) is 20.3. The fourth-order valence-corrected chi connectivity index (χ4v) is 4.96. The van der Waals surface area contributed by atoms with Gasteiger partial charge in [0, 0.05) is 45.6 Å². The van der Waals surface area contributed by atoms with Gasteiger partial charge >= 0.3 is 0 Å². The maximum atomic E-state index is 12.5. The number of amides is 1. The average molecular weight is 448 g/mol. The molecule has 33 heavy (non-hydrogen) atoms. The molecule has 2 unspecified atom stereocenters. The van der Waals surface area contributed by atoms with E-state index >= 15 is 0 Å². The van der Waals surface area contributed by atoms with Gasteiger partial charge < -0.3 is 15.5 Å². The van der Waals surface area contributed by atoms with Gasteiger partial charge in [0.15, 0.2) is 5.96 Å². The molecule has 1 amide bonds. The van der Waals surface area contributed by atoms with Crippen LogP contribution in [0, 0.1) is 5.92 Å². The van der Waals surface area contributed by atoms with Crippen LogP contribution in [0.15, 0.2) is 65.7 Å². The van der Waals surface area contributed by atoms with Crippen molar-refractivity contribution in [2.45, 2.75) is 31.7 Å². The van der Waals surface area contributed by atoms with Crippen LogP contribution in [0.2, 0.25) is 0 Å². The van der Waals surface area contributed by atoms with Crippen molar-refractivity contribution in [2.24, 2.45) is 10.9 Å². The molecule has 0 saturated carbocycles. The van der Waals surface area contributed by atoms with Crippen molar-refractivity contribution in [3.05, 3.63) is 71.8 Å². The minimum absolute atomic E-state index is 0.263. The van der Waals surface area contributed by atoms with Crippen LogP contribution in [0.25, 0.3) is 0 Å². The van der Waals surface area contributed by atoms with E-state index in [1.165, 1.54) is 24.0 Å². The second kappa shape index (κ2) is 11.8. The van der Waals surface area contributed by atoms with Crippen LogP contribution in [0.4, 0.5) is 0 Å². The lowest BCUT2D eigenvalue weighted by atomic mass is 10.1. The van der Waals surface area contributed by atoms with Crippen molar-refractivity contribution in [3.63, 3.8) is 0 Å². The van der Waals surface area contributed by atoms with Crippen LogP contribution in [0.3, 0.4) is 0 Å². The van der Waals surface area contributed by atoms with Gasteiger partial charge in [-0.3, -0.25) is 14.7 Å². The molecule has 2 atom stereocenters. The van der Waals surface area contributed by atoms with Gasteiger partial charge in [0.2, 0.25) is 5.91 Å². The molecule has 0 spiro atoms. The van der Waals surface area contributed by atoms with E-state index in [9.17, 15) is 4.79 Å². The van der Waals surface area contributed by atoms with E-state index in [1.54, 1.807) is 0 Å². The van der Waals surface area contributed by atoms with Crippen LogP contribution in [-0.4, -0.2) is 68.0 Å². The Morgan fingerprint density at radius 2 is 1.73 bits per heavy atom. The molecule has 2 aromatic rings. The highest BCUT2D eigenvalue weighted by Crippen LogP contribution is 2.24. The van der Waals surface area contributed by atoms with Gasteiger partial charge in [0.25, 0.3) is 0 Å². The fourth-order valence-electron chi connectivity index (χ4n) is 4.96. The number of hydrogen-bond acceptors (Lipinski definition) is 3. The van der Waals surface area contributed by atoms with Gasteiger partial charge in [0.05, 0.1) is 6.04 Å². The van der Waals surface area contributed by atoms with Crippen molar-refractivity contribution < 1.29 is 4.79 Å². The van der Waals surface area contributed by atoms with Crippen LogP contribution in [-0.2, 0) is 11.2 Å². The molecule has 2 aromatic carbocycles. The Morgan fingerprint density at radius 1 is 1.03 bits per heavy atom. The van der Waals surface area contributed by atoms with E-state index in [-0.39, 0.29) is 5.91 Å². The van der Waals surface area contributed by atoms with E-state index in [1.807, 2.05) is 18.0 Å². The molecule has 4 rings (SSSR count). The molecule has 0 radical (unpaired) electrons. The van der Waals surface area contributed by atoms with Gasteiger partial charge in [-0.25, -0.2) is 0 Å². The largest absolute Gasteiger partial charge is 0.356 e. The summed E-state index contributed by atoms with van der Waals surface area (Å²) >= 11 is 0. The SMILES string of the molecule is CN=C(NCC1CC(=O)N(CCc2ccccc2)C1)NCC(c1ccccc1)N1CCCC1. The fraction of sp³-hybridized carbons (Fsp3) is 0.481. The Kier molecular flexibility index (Phi) is 8.36. The number of benzene rings is 2. The number of nitrogens with one attached hydrogen (secondary N) is 2. The second-order valence-corrected chi connectivity index (χ2v) is 9.15. The summed E-state index contributed by atoms with van der Waals surface area (Å²) in [4.78, 5) is 21.5. The van der Waals surface area contributed by atoms with E-state index in [0.717, 1.165) is 51.6 Å². The number of carbonyl (C=O) groups is 1. The third kappa shape index (κ3) is 6.57. The van der Waals surface area contributed by atoms with E-state index in [0.29, 0.717) is 18.4 Å². The first-order chi connectivity index (χ1) is 16.2. The summed E-state index contributed by atoms with van der Waals surface area (Å²) in [5.74, 6) is 1.39. The van der Waals surface area contributed by atoms with Gasteiger partial charge in [-0.1, -0.05) is 60.7 Å². The zero-order valence-corrected chi connectivity index (χ0v) is 19.7. The highest BCUT2D eigenvalue weighted by Gasteiger charge is 2.29. The zero-order chi connectivity index (χ0) is 22.9. The number of rotatable bonds is 9. The molecule has 2 N–H and O–H groups in total. The summed E-state index contributed by atoms with van der Waals surface area (Å²) in [7, 11) is 1.81. The maximum Gasteiger partial charge on any atom is 0.223 e. The molecular formula is C27H37N5O. The number of guanidine groups is 1. The molecule has 6 heteroatoms. The number of aliphatic imine (C=N–C) groups is 1. The minimum atomic E-state index is 0.263. The third-order valence-corrected chi connectivity index (χ3v) is 6.82. The molecule has 0 bridgehead atoms. The van der Waals surface area contributed by atoms with Crippen molar-refractivity contribution in [3.8, 4) is 0 Å². The van der Waals surface area contributed by atoms with Gasteiger partial charge in [-0.15, -0.1) is 0 Å². The third-order valence-electron chi connectivity index (χ3n) is 6.82. The first-order valence-electron chi connectivity index (χ1n) is 12.3. The summed E-state index contributed by atoms with van der Waals surface area (Å²) in [6.07, 6.45) is 4.06. The monoisotopic (exact) mass is 447 g/mol. The molecule has 2 aliphatic rings. The van der Waals surface area contributed by atoms with Crippen LogP contribution >= 0.6 is 0 Å². The Hall–Kier alpha value is -2.86. The highest BCUT2D eigenvalue weighted by molar-refractivity contribution is 5.81. The summed E-state index contributed by atoms with van der Waals surface area (Å²) < 4.78 is 0. The number of likely N-dealkylation sites (tertiary alicyclic amines) is 2. The summed E-state index contributed by atoms with van der Waals surface area (Å²) in [5, 5.41) is 7.00. The molecule has 0 aromatic heterocycles. The van der Waals surface area contributed by atoms with Crippen LogP contribution in [0.5, 0.6) is 0 Å². The van der Waals surface area contributed by atoms with Crippen molar-refractivity contribution in [1.82, 2.24) is 20.4 Å². The molecule has 6 nitrogen and oxygen atoms in total. The van der Waals surface area contributed by atoms with E-state index < -0.39 is 0 Å². The summed E-state index contributed by atoms with van der Waals surface area (Å²) in [5.41, 5.74) is 2.63. The van der Waals surface area contributed by atoms with Crippen molar-refractivity contribution >= 4 is 11.9 Å². The molecule has 0 aliphatic carbocycles. The molecule has 176 valence electrons. The van der Waals surface area contributed by atoms with Gasteiger partial charge in [-0.05, 0) is 43.5 Å². The summed E-state index contributed by atoms with van der Waals surface area (Å²) in [6, 6.07) is 21.5. The Balaban J connectivity index is 1.24. The first kappa shape index (κ1) is 23.3. The van der Waals surface area contributed by atoms with Crippen LogP contribution < -0.4 is 10.6 Å². The average Bonchev–Trinajstić information content (AvgIpc) is 3.51. The van der Waals surface area contributed by atoms with Gasteiger partial charge in [0.1, 0.15) is 0 Å². The molecule has 2 aliphatic heterocycles. The Bertz CT molecular complexity index is 895. The lowest BCUT2D eigenvalue weighted by molar-refractivity contribution is -0.127. The van der Waals surface area contributed by atoms with E-state index in [2.05, 4.69) is 75.1 Å². The summed E-state index contributed by atoms with van der Waals surface area (Å²) in [6.45, 7) is 5.48.